The first-order chi connectivity index (χ1) is 8.90. The topological polar surface area (TPSA) is 61.4 Å². The number of nitrogens with one attached hydrogen (secondary N) is 2. The second-order valence-electron chi connectivity index (χ2n) is 6.00. The number of rotatable bonds is 4. The number of urea groups is 1. The van der Waals surface area contributed by atoms with Gasteiger partial charge in [-0.25, -0.2) is 4.79 Å². The second kappa shape index (κ2) is 7.36. The van der Waals surface area contributed by atoms with Gasteiger partial charge in [0.25, 0.3) is 0 Å². The highest BCUT2D eigenvalue weighted by Crippen LogP contribution is 2.15. The molecule has 5 heteroatoms. The average molecular weight is 269 g/mol. The monoisotopic (exact) mass is 269 g/mol. The second-order valence-corrected chi connectivity index (χ2v) is 6.00. The van der Waals surface area contributed by atoms with E-state index in [1.807, 2.05) is 13.8 Å². The maximum Gasteiger partial charge on any atom is 0.318 e. The van der Waals surface area contributed by atoms with Crippen LogP contribution >= 0.6 is 0 Å². The van der Waals surface area contributed by atoms with E-state index >= 15 is 0 Å². The first-order valence-corrected chi connectivity index (χ1v) is 7.23. The maximum atomic E-state index is 12.0. The molecule has 1 aliphatic heterocycles. The van der Waals surface area contributed by atoms with E-state index < -0.39 is 6.04 Å². The van der Waals surface area contributed by atoms with Crippen LogP contribution in [0.3, 0.4) is 0 Å². The zero-order valence-electron chi connectivity index (χ0n) is 12.5. The molecule has 2 atom stereocenters. The highest BCUT2D eigenvalue weighted by molar-refractivity contribution is 5.86. The van der Waals surface area contributed by atoms with Crippen LogP contribution in [0.25, 0.3) is 0 Å². The van der Waals surface area contributed by atoms with Crippen LogP contribution < -0.4 is 10.6 Å². The number of carbonyl (C=O) groups excluding carboxylic acids is 2. The molecule has 0 aromatic rings. The van der Waals surface area contributed by atoms with E-state index in [4.69, 9.17) is 0 Å². The molecule has 0 bridgehead atoms. The fourth-order valence-electron chi connectivity index (χ4n) is 2.17. The van der Waals surface area contributed by atoms with Gasteiger partial charge in [-0.2, -0.15) is 0 Å². The van der Waals surface area contributed by atoms with E-state index in [2.05, 4.69) is 17.6 Å². The van der Waals surface area contributed by atoms with Gasteiger partial charge < -0.3 is 15.5 Å². The smallest absolute Gasteiger partial charge is 0.318 e. The van der Waals surface area contributed by atoms with E-state index in [0.717, 1.165) is 19.5 Å². The Morgan fingerprint density at radius 2 is 2.00 bits per heavy atom. The number of hydrogen-bond acceptors (Lipinski definition) is 2. The van der Waals surface area contributed by atoms with Gasteiger partial charge in [-0.05, 0) is 31.6 Å². The lowest BCUT2D eigenvalue weighted by atomic mass is 10.0. The molecule has 1 rings (SSSR count). The summed E-state index contributed by atoms with van der Waals surface area (Å²) in [6.45, 7) is 10.2. The average Bonchev–Trinajstić information content (AvgIpc) is 2.35. The molecule has 0 aliphatic carbocycles. The third kappa shape index (κ3) is 5.49. The molecule has 0 spiro atoms. The van der Waals surface area contributed by atoms with Gasteiger partial charge in [-0.3, -0.25) is 4.79 Å². The molecule has 1 heterocycles. The summed E-state index contributed by atoms with van der Waals surface area (Å²) in [5, 5.41) is 5.60. The Kier molecular flexibility index (Phi) is 6.12. The van der Waals surface area contributed by atoms with Gasteiger partial charge in [0.2, 0.25) is 5.91 Å². The molecule has 1 fully saturated rings. The molecule has 2 unspecified atom stereocenters. The van der Waals surface area contributed by atoms with E-state index in [0.29, 0.717) is 18.4 Å². The Labute approximate surface area is 116 Å². The third-order valence-electron chi connectivity index (χ3n) is 3.36. The minimum atomic E-state index is -0.483. The molecule has 0 aromatic heterocycles. The van der Waals surface area contributed by atoms with Crippen LogP contribution in [0.2, 0.25) is 0 Å². The Balaban J connectivity index is 2.36. The number of amides is 3. The Hall–Kier alpha value is -1.26. The van der Waals surface area contributed by atoms with Crippen molar-refractivity contribution in [3.8, 4) is 0 Å². The van der Waals surface area contributed by atoms with Crippen molar-refractivity contribution in [3.63, 3.8) is 0 Å². The van der Waals surface area contributed by atoms with Crippen molar-refractivity contribution in [2.45, 2.75) is 46.6 Å². The van der Waals surface area contributed by atoms with Gasteiger partial charge in [0.05, 0.1) is 0 Å². The number of hydrogen-bond donors (Lipinski definition) is 2. The van der Waals surface area contributed by atoms with Crippen molar-refractivity contribution in [1.29, 1.82) is 0 Å². The molecule has 110 valence electrons. The molecular formula is C14H27N3O2. The largest absolute Gasteiger partial charge is 0.354 e. The summed E-state index contributed by atoms with van der Waals surface area (Å²) in [4.78, 5) is 25.6. The quantitative estimate of drug-likeness (QED) is 0.814. The minimum absolute atomic E-state index is 0.118. The molecular weight excluding hydrogens is 242 g/mol. The normalized spacial score (nSPS) is 21.1. The van der Waals surface area contributed by atoms with Gasteiger partial charge >= 0.3 is 6.03 Å². The minimum Gasteiger partial charge on any atom is -0.354 e. The van der Waals surface area contributed by atoms with E-state index in [9.17, 15) is 9.59 Å². The van der Waals surface area contributed by atoms with Crippen molar-refractivity contribution in [3.05, 3.63) is 0 Å². The molecule has 0 saturated carbocycles. The Morgan fingerprint density at radius 3 is 2.58 bits per heavy atom. The Bertz CT molecular complexity index is 318. The molecule has 3 amide bonds. The molecule has 0 radical (unpaired) electrons. The lowest BCUT2D eigenvalue weighted by Crippen LogP contribution is -2.52. The molecule has 1 saturated heterocycles. The molecule has 0 aromatic carbocycles. The standard InChI is InChI=1S/C14H27N3O2/c1-10(2)8-15-13(18)12(4)16-14(19)17-7-5-6-11(3)9-17/h10-12H,5-9H2,1-4H3,(H,15,18)(H,16,19). The predicted octanol–water partition coefficient (Wildman–Crippen LogP) is 1.59. The van der Waals surface area contributed by atoms with Crippen molar-refractivity contribution < 1.29 is 9.59 Å². The maximum absolute atomic E-state index is 12.0. The fourth-order valence-corrected chi connectivity index (χ4v) is 2.17. The van der Waals surface area contributed by atoms with Gasteiger partial charge in [-0.15, -0.1) is 0 Å². The van der Waals surface area contributed by atoms with Crippen molar-refractivity contribution in [1.82, 2.24) is 15.5 Å². The number of nitrogens with zero attached hydrogens (tertiary/aromatic N) is 1. The zero-order valence-corrected chi connectivity index (χ0v) is 12.5. The van der Waals surface area contributed by atoms with E-state index in [-0.39, 0.29) is 11.9 Å². The summed E-state index contributed by atoms with van der Waals surface area (Å²) in [5.41, 5.74) is 0. The summed E-state index contributed by atoms with van der Waals surface area (Å²) >= 11 is 0. The fraction of sp³-hybridized carbons (Fsp3) is 0.857. The van der Waals surface area contributed by atoms with Crippen LogP contribution in [0.4, 0.5) is 4.79 Å². The van der Waals surface area contributed by atoms with Crippen LogP contribution in [0.5, 0.6) is 0 Å². The van der Waals surface area contributed by atoms with Gasteiger partial charge in [0.1, 0.15) is 6.04 Å². The molecule has 1 aliphatic rings. The van der Waals surface area contributed by atoms with Crippen LogP contribution in [-0.2, 0) is 4.79 Å². The van der Waals surface area contributed by atoms with Crippen molar-refractivity contribution >= 4 is 11.9 Å². The molecule has 2 N–H and O–H groups in total. The molecule has 5 nitrogen and oxygen atoms in total. The SMILES string of the molecule is CC(C)CNC(=O)C(C)NC(=O)N1CCCC(C)C1. The van der Waals surface area contributed by atoms with Gasteiger partial charge in [-0.1, -0.05) is 20.8 Å². The van der Waals surface area contributed by atoms with E-state index in [1.54, 1.807) is 11.8 Å². The third-order valence-corrected chi connectivity index (χ3v) is 3.36. The zero-order chi connectivity index (χ0) is 14.4. The predicted molar refractivity (Wildman–Crippen MR) is 75.8 cm³/mol. The summed E-state index contributed by atoms with van der Waals surface area (Å²) < 4.78 is 0. The van der Waals surface area contributed by atoms with Crippen LogP contribution in [0.15, 0.2) is 0 Å². The number of likely N-dealkylation sites (tertiary alicyclic amines) is 1. The highest BCUT2D eigenvalue weighted by Gasteiger charge is 2.23. The summed E-state index contributed by atoms with van der Waals surface area (Å²) in [6, 6.07) is -0.609. The van der Waals surface area contributed by atoms with Crippen LogP contribution in [-0.4, -0.2) is 42.5 Å². The number of carbonyl (C=O) groups is 2. The van der Waals surface area contributed by atoms with Crippen LogP contribution in [0, 0.1) is 11.8 Å². The van der Waals surface area contributed by atoms with Gasteiger partial charge in [0.15, 0.2) is 0 Å². The first-order valence-electron chi connectivity index (χ1n) is 7.23. The van der Waals surface area contributed by atoms with E-state index in [1.165, 1.54) is 6.42 Å². The van der Waals surface area contributed by atoms with Crippen LogP contribution in [0.1, 0.15) is 40.5 Å². The summed E-state index contributed by atoms with van der Waals surface area (Å²) in [5.74, 6) is 0.839. The summed E-state index contributed by atoms with van der Waals surface area (Å²) in [6.07, 6.45) is 2.22. The highest BCUT2D eigenvalue weighted by atomic mass is 16.2. The van der Waals surface area contributed by atoms with Gasteiger partial charge in [0, 0.05) is 19.6 Å². The first kappa shape index (κ1) is 15.8. The summed E-state index contributed by atoms with van der Waals surface area (Å²) in [7, 11) is 0. The lowest BCUT2D eigenvalue weighted by Gasteiger charge is -2.31. The lowest BCUT2D eigenvalue weighted by molar-refractivity contribution is -0.122. The Morgan fingerprint density at radius 1 is 1.32 bits per heavy atom. The van der Waals surface area contributed by atoms with Crippen molar-refractivity contribution in [2.75, 3.05) is 19.6 Å². The van der Waals surface area contributed by atoms with Crippen molar-refractivity contribution in [2.24, 2.45) is 11.8 Å². The number of piperidine rings is 1. The molecule has 19 heavy (non-hydrogen) atoms.